The molecule has 0 saturated carbocycles. The fourth-order valence-corrected chi connectivity index (χ4v) is 2.35. The smallest absolute Gasteiger partial charge is 0.406 e. The van der Waals surface area contributed by atoms with Crippen LogP contribution >= 0.6 is 0 Å². The standard InChI is InChI=1S/C17H13F3N2O2/c18-17(19,20)24-14-8-6-12(7-9-14)11-22-16(23)10-15(21-22)13-4-2-1-3-5-13/h1-9H,10-11H2. The molecule has 0 aromatic heterocycles. The first kappa shape index (κ1) is 16.0. The summed E-state index contributed by atoms with van der Waals surface area (Å²) in [4.78, 5) is 12.1. The van der Waals surface area contributed by atoms with Gasteiger partial charge in [-0.2, -0.15) is 5.10 Å². The number of hydrazone groups is 1. The second-order valence-electron chi connectivity index (χ2n) is 5.23. The van der Waals surface area contributed by atoms with Crippen molar-refractivity contribution in [3.05, 3.63) is 65.7 Å². The number of carbonyl (C=O) groups is 1. The number of nitrogens with zero attached hydrogens (tertiary/aromatic N) is 2. The van der Waals surface area contributed by atoms with E-state index >= 15 is 0 Å². The Balaban J connectivity index is 1.69. The summed E-state index contributed by atoms with van der Waals surface area (Å²) in [6, 6.07) is 14.7. The molecule has 1 aliphatic heterocycles. The van der Waals surface area contributed by atoms with Gasteiger partial charge in [-0.05, 0) is 23.3 Å². The molecule has 24 heavy (non-hydrogen) atoms. The third-order valence-corrected chi connectivity index (χ3v) is 3.44. The van der Waals surface area contributed by atoms with Crippen LogP contribution in [0.25, 0.3) is 0 Å². The Labute approximate surface area is 136 Å². The molecule has 124 valence electrons. The van der Waals surface area contributed by atoms with Gasteiger partial charge >= 0.3 is 6.36 Å². The van der Waals surface area contributed by atoms with Crippen LogP contribution in [0.3, 0.4) is 0 Å². The molecule has 0 radical (unpaired) electrons. The highest BCUT2D eigenvalue weighted by Gasteiger charge is 2.31. The van der Waals surface area contributed by atoms with E-state index in [1.165, 1.54) is 29.3 Å². The Hall–Kier alpha value is -2.83. The summed E-state index contributed by atoms with van der Waals surface area (Å²) in [7, 11) is 0. The van der Waals surface area contributed by atoms with Crippen molar-refractivity contribution in [1.82, 2.24) is 5.01 Å². The van der Waals surface area contributed by atoms with E-state index in [0.29, 0.717) is 11.3 Å². The van der Waals surface area contributed by atoms with Crippen LogP contribution in [0.2, 0.25) is 0 Å². The lowest BCUT2D eigenvalue weighted by Gasteiger charge is -2.13. The molecule has 2 aromatic rings. The first-order valence-electron chi connectivity index (χ1n) is 7.19. The van der Waals surface area contributed by atoms with Crippen LogP contribution < -0.4 is 4.74 Å². The molecule has 7 heteroatoms. The molecule has 1 aliphatic rings. The van der Waals surface area contributed by atoms with Crippen molar-refractivity contribution in [3.63, 3.8) is 0 Å². The summed E-state index contributed by atoms with van der Waals surface area (Å²) in [5.74, 6) is -0.447. The summed E-state index contributed by atoms with van der Waals surface area (Å²) >= 11 is 0. The number of benzene rings is 2. The number of halogens is 3. The highest BCUT2D eigenvalue weighted by molar-refractivity contribution is 6.13. The molecular weight excluding hydrogens is 321 g/mol. The minimum atomic E-state index is -4.72. The van der Waals surface area contributed by atoms with E-state index in [2.05, 4.69) is 9.84 Å². The van der Waals surface area contributed by atoms with E-state index < -0.39 is 6.36 Å². The molecule has 2 aromatic carbocycles. The van der Waals surface area contributed by atoms with Crippen molar-refractivity contribution in [2.45, 2.75) is 19.3 Å². The van der Waals surface area contributed by atoms with Crippen LogP contribution in [0.15, 0.2) is 59.7 Å². The van der Waals surface area contributed by atoms with Gasteiger partial charge in [0.2, 0.25) is 5.91 Å². The van der Waals surface area contributed by atoms with Gasteiger partial charge in [-0.25, -0.2) is 5.01 Å². The zero-order valence-corrected chi connectivity index (χ0v) is 12.5. The molecule has 4 nitrogen and oxygen atoms in total. The first-order valence-corrected chi connectivity index (χ1v) is 7.19. The van der Waals surface area contributed by atoms with Crippen LogP contribution in [0.1, 0.15) is 17.5 Å². The quantitative estimate of drug-likeness (QED) is 0.855. The van der Waals surface area contributed by atoms with Gasteiger partial charge in [-0.1, -0.05) is 42.5 Å². The molecular formula is C17H13F3N2O2. The van der Waals surface area contributed by atoms with Gasteiger partial charge in [0.05, 0.1) is 18.7 Å². The van der Waals surface area contributed by atoms with E-state index in [1.807, 2.05) is 30.3 Å². The molecule has 0 saturated heterocycles. The van der Waals surface area contributed by atoms with Crippen LogP contribution in [0.4, 0.5) is 13.2 Å². The van der Waals surface area contributed by atoms with Crippen LogP contribution in [0.5, 0.6) is 5.75 Å². The summed E-state index contributed by atoms with van der Waals surface area (Å²) < 4.78 is 40.2. The van der Waals surface area contributed by atoms with Crippen molar-refractivity contribution in [2.75, 3.05) is 0 Å². The zero-order chi connectivity index (χ0) is 17.2. The number of carbonyl (C=O) groups excluding carboxylic acids is 1. The maximum absolute atomic E-state index is 12.1. The Morgan fingerprint density at radius 2 is 1.71 bits per heavy atom. The van der Waals surface area contributed by atoms with Crippen molar-refractivity contribution < 1.29 is 22.7 Å². The van der Waals surface area contributed by atoms with Gasteiger partial charge in [0.15, 0.2) is 0 Å². The van der Waals surface area contributed by atoms with Gasteiger partial charge in [-0.3, -0.25) is 4.79 Å². The van der Waals surface area contributed by atoms with E-state index in [1.54, 1.807) is 0 Å². The number of rotatable bonds is 4. The first-order chi connectivity index (χ1) is 11.4. The molecule has 1 heterocycles. The molecule has 0 bridgehead atoms. The van der Waals surface area contributed by atoms with Crippen molar-refractivity contribution >= 4 is 11.6 Å². The number of hydrogen-bond donors (Lipinski definition) is 0. The highest BCUT2D eigenvalue weighted by Crippen LogP contribution is 2.24. The Kier molecular flexibility index (Phi) is 4.24. The predicted molar refractivity (Wildman–Crippen MR) is 81.3 cm³/mol. The topological polar surface area (TPSA) is 41.9 Å². The van der Waals surface area contributed by atoms with Crippen molar-refractivity contribution in [2.24, 2.45) is 5.10 Å². The third-order valence-electron chi connectivity index (χ3n) is 3.44. The fourth-order valence-electron chi connectivity index (χ4n) is 2.35. The van der Waals surface area contributed by atoms with Crippen LogP contribution in [0, 0.1) is 0 Å². The molecule has 0 aliphatic carbocycles. The van der Waals surface area contributed by atoms with E-state index in [0.717, 1.165) is 5.56 Å². The predicted octanol–water partition coefficient (Wildman–Crippen LogP) is 3.72. The second kappa shape index (κ2) is 6.35. The maximum Gasteiger partial charge on any atom is 0.573 e. The van der Waals surface area contributed by atoms with E-state index in [9.17, 15) is 18.0 Å². The molecule has 0 fully saturated rings. The number of amides is 1. The monoisotopic (exact) mass is 334 g/mol. The Morgan fingerprint density at radius 3 is 2.33 bits per heavy atom. The van der Waals surface area contributed by atoms with Gasteiger partial charge in [0.1, 0.15) is 5.75 Å². The summed E-state index contributed by atoms with van der Waals surface area (Å²) in [6.45, 7) is 0.196. The molecule has 0 unspecified atom stereocenters. The minimum absolute atomic E-state index is 0.149. The maximum atomic E-state index is 12.1. The molecule has 0 atom stereocenters. The normalized spacial score (nSPS) is 14.7. The van der Waals surface area contributed by atoms with Gasteiger partial charge < -0.3 is 4.74 Å². The van der Waals surface area contributed by atoms with Crippen LogP contribution in [-0.4, -0.2) is 23.0 Å². The van der Waals surface area contributed by atoms with Crippen molar-refractivity contribution in [3.8, 4) is 5.75 Å². The Morgan fingerprint density at radius 1 is 1.04 bits per heavy atom. The van der Waals surface area contributed by atoms with E-state index in [4.69, 9.17) is 0 Å². The van der Waals surface area contributed by atoms with E-state index in [-0.39, 0.29) is 24.6 Å². The molecule has 3 rings (SSSR count). The molecule has 1 amide bonds. The third kappa shape index (κ3) is 3.92. The number of alkyl halides is 3. The number of hydrogen-bond acceptors (Lipinski definition) is 3. The van der Waals surface area contributed by atoms with Gasteiger partial charge in [0.25, 0.3) is 0 Å². The number of ether oxygens (including phenoxy) is 1. The lowest BCUT2D eigenvalue weighted by Crippen LogP contribution is -2.20. The van der Waals surface area contributed by atoms with Crippen molar-refractivity contribution in [1.29, 1.82) is 0 Å². The molecule has 0 spiro atoms. The van der Waals surface area contributed by atoms with Gasteiger partial charge in [0, 0.05) is 0 Å². The summed E-state index contributed by atoms with van der Waals surface area (Å²) in [6.07, 6.45) is -4.51. The minimum Gasteiger partial charge on any atom is -0.406 e. The summed E-state index contributed by atoms with van der Waals surface area (Å²) in [5.41, 5.74) is 2.22. The highest BCUT2D eigenvalue weighted by atomic mass is 19.4. The second-order valence-corrected chi connectivity index (χ2v) is 5.23. The average molecular weight is 334 g/mol. The fraction of sp³-hybridized carbons (Fsp3) is 0.176. The Bertz CT molecular complexity index is 756. The SMILES string of the molecule is O=C1CC(c2ccccc2)=NN1Cc1ccc(OC(F)(F)F)cc1. The zero-order valence-electron chi connectivity index (χ0n) is 12.5. The largest absolute Gasteiger partial charge is 0.573 e. The lowest BCUT2D eigenvalue weighted by atomic mass is 10.1. The lowest BCUT2D eigenvalue weighted by molar-refractivity contribution is -0.274. The van der Waals surface area contributed by atoms with Gasteiger partial charge in [-0.15, -0.1) is 13.2 Å². The van der Waals surface area contributed by atoms with Crippen LogP contribution in [-0.2, 0) is 11.3 Å². The average Bonchev–Trinajstić information content (AvgIpc) is 2.90. The summed E-state index contributed by atoms with van der Waals surface area (Å²) in [5, 5.41) is 5.63. The molecule has 0 N–H and O–H groups in total.